The Balaban J connectivity index is 1.95. The summed E-state index contributed by atoms with van der Waals surface area (Å²) in [6.07, 6.45) is 1.42. The minimum Gasteiger partial charge on any atom is -0.486 e. The number of rotatable bonds is 10. The Bertz CT molecular complexity index is 1180. The molecule has 3 rings (SSSR count). The molecule has 0 unspecified atom stereocenters. The van der Waals surface area contributed by atoms with E-state index in [0.717, 1.165) is 21.7 Å². The van der Waals surface area contributed by atoms with Gasteiger partial charge < -0.3 is 19.7 Å². The number of anilines is 1. The summed E-state index contributed by atoms with van der Waals surface area (Å²) < 4.78 is 37.7. The van der Waals surface area contributed by atoms with Crippen LogP contribution >= 0.6 is 0 Å². The van der Waals surface area contributed by atoms with E-state index in [4.69, 9.17) is 9.47 Å². The Morgan fingerprint density at radius 1 is 1.03 bits per heavy atom. The molecule has 0 saturated carbocycles. The lowest BCUT2D eigenvalue weighted by Gasteiger charge is -2.33. The van der Waals surface area contributed by atoms with Crippen molar-refractivity contribution < 1.29 is 27.5 Å². The standard InChI is InChI=1S/C26H35N3O6S/c1-6-22(26(31)27-18(2)3)28(16-20-9-7-19(4)8-10-20)25(30)17-29(36(5,32)33)21-11-12-23-24(15-21)35-14-13-34-23/h7-12,15,18,22H,6,13-14,16-17H2,1-5H3,(H,27,31)/t22-/m1/s1. The van der Waals surface area contributed by atoms with Gasteiger partial charge >= 0.3 is 0 Å². The molecule has 1 aliphatic heterocycles. The molecule has 0 aliphatic carbocycles. The lowest BCUT2D eigenvalue weighted by atomic mass is 10.1. The van der Waals surface area contributed by atoms with Crippen LogP contribution < -0.4 is 19.1 Å². The van der Waals surface area contributed by atoms with Crippen LogP contribution in [0.5, 0.6) is 11.5 Å². The van der Waals surface area contributed by atoms with Crippen LogP contribution in [0.15, 0.2) is 42.5 Å². The molecule has 0 spiro atoms. The Labute approximate surface area is 213 Å². The predicted molar refractivity (Wildman–Crippen MR) is 139 cm³/mol. The van der Waals surface area contributed by atoms with E-state index < -0.39 is 28.5 Å². The number of nitrogens with one attached hydrogen (secondary N) is 1. The van der Waals surface area contributed by atoms with Crippen LogP contribution in [0, 0.1) is 6.92 Å². The van der Waals surface area contributed by atoms with Gasteiger partial charge in [-0.05, 0) is 44.9 Å². The topological polar surface area (TPSA) is 105 Å². The van der Waals surface area contributed by atoms with Gasteiger partial charge in [0, 0.05) is 18.7 Å². The largest absolute Gasteiger partial charge is 0.486 e. The first-order valence-electron chi connectivity index (χ1n) is 12.0. The van der Waals surface area contributed by atoms with E-state index in [1.165, 1.54) is 4.90 Å². The predicted octanol–water partition coefficient (Wildman–Crippen LogP) is 2.86. The molecule has 0 aromatic heterocycles. The Hall–Kier alpha value is -3.27. The third kappa shape index (κ3) is 6.90. The van der Waals surface area contributed by atoms with E-state index in [1.807, 2.05) is 52.0 Å². The van der Waals surface area contributed by atoms with Crippen LogP contribution in [0.4, 0.5) is 5.69 Å². The average Bonchev–Trinajstić information content (AvgIpc) is 2.82. The maximum absolute atomic E-state index is 13.7. The van der Waals surface area contributed by atoms with E-state index >= 15 is 0 Å². The van der Waals surface area contributed by atoms with Gasteiger partial charge in [-0.25, -0.2) is 8.42 Å². The smallest absolute Gasteiger partial charge is 0.244 e. The maximum atomic E-state index is 13.7. The van der Waals surface area contributed by atoms with Crippen LogP contribution in [0.25, 0.3) is 0 Å². The second-order valence-electron chi connectivity index (χ2n) is 9.19. The number of ether oxygens (including phenoxy) is 2. The zero-order chi connectivity index (χ0) is 26.5. The molecule has 1 aliphatic rings. The van der Waals surface area contributed by atoms with Crippen molar-refractivity contribution in [3.63, 3.8) is 0 Å². The zero-order valence-corrected chi connectivity index (χ0v) is 22.3. The summed E-state index contributed by atoms with van der Waals surface area (Å²) in [5.74, 6) is 0.168. The number of nitrogens with zero attached hydrogens (tertiary/aromatic N) is 2. The van der Waals surface area contributed by atoms with E-state index in [0.29, 0.717) is 31.1 Å². The molecule has 1 heterocycles. The average molecular weight is 518 g/mol. The van der Waals surface area contributed by atoms with Crippen molar-refractivity contribution in [3.8, 4) is 11.5 Å². The quantitative estimate of drug-likeness (QED) is 0.520. The summed E-state index contributed by atoms with van der Waals surface area (Å²) in [6.45, 7) is 7.96. The van der Waals surface area contributed by atoms with Crippen LogP contribution in [-0.4, -0.2) is 63.2 Å². The third-order valence-electron chi connectivity index (χ3n) is 5.78. The van der Waals surface area contributed by atoms with Gasteiger partial charge in [0.15, 0.2) is 11.5 Å². The van der Waals surface area contributed by atoms with Crippen molar-refractivity contribution in [1.29, 1.82) is 0 Å². The molecule has 0 fully saturated rings. The van der Waals surface area contributed by atoms with Crippen molar-refractivity contribution in [3.05, 3.63) is 53.6 Å². The third-order valence-corrected chi connectivity index (χ3v) is 6.92. The minimum absolute atomic E-state index is 0.104. The molecule has 0 radical (unpaired) electrons. The van der Waals surface area contributed by atoms with E-state index in [1.54, 1.807) is 18.2 Å². The summed E-state index contributed by atoms with van der Waals surface area (Å²) in [6, 6.07) is 11.6. The monoisotopic (exact) mass is 517 g/mol. The first-order valence-corrected chi connectivity index (χ1v) is 13.9. The highest BCUT2D eigenvalue weighted by Crippen LogP contribution is 2.34. The van der Waals surface area contributed by atoms with Gasteiger partial charge in [-0.15, -0.1) is 0 Å². The van der Waals surface area contributed by atoms with Gasteiger partial charge in [0.2, 0.25) is 21.8 Å². The number of sulfonamides is 1. The molecule has 36 heavy (non-hydrogen) atoms. The maximum Gasteiger partial charge on any atom is 0.244 e. The van der Waals surface area contributed by atoms with Gasteiger partial charge in [-0.3, -0.25) is 13.9 Å². The van der Waals surface area contributed by atoms with Crippen molar-refractivity contribution in [2.24, 2.45) is 0 Å². The molecular weight excluding hydrogens is 482 g/mol. The first-order chi connectivity index (χ1) is 17.0. The summed E-state index contributed by atoms with van der Waals surface area (Å²) in [5, 5.41) is 2.88. The van der Waals surface area contributed by atoms with Crippen LogP contribution in [0.1, 0.15) is 38.3 Å². The summed E-state index contributed by atoms with van der Waals surface area (Å²) in [5.41, 5.74) is 2.20. The summed E-state index contributed by atoms with van der Waals surface area (Å²) in [4.78, 5) is 28.2. The second-order valence-corrected chi connectivity index (χ2v) is 11.1. The number of carbonyl (C=O) groups is 2. The van der Waals surface area contributed by atoms with Crippen molar-refractivity contribution in [2.75, 3.05) is 30.3 Å². The second kappa shape index (κ2) is 11.6. The van der Waals surface area contributed by atoms with Crippen LogP contribution in [0.2, 0.25) is 0 Å². The fourth-order valence-electron chi connectivity index (χ4n) is 3.99. The highest BCUT2D eigenvalue weighted by atomic mass is 32.2. The lowest BCUT2D eigenvalue weighted by Crippen LogP contribution is -2.53. The molecule has 10 heteroatoms. The Morgan fingerprint density at radius 3 is 2.25 bits per heavy atom. The van der Waals surface area contributed by atoms with E-state index in [9.17, 15) is 18.0 Å². The number of aryl methyl sites for hydroxylation is 1. The first kappa shape index (κ1) is 27.3. The van der Waals surface area contributed by atoms with Gasteiger partial charge in [0.1, 0.15) is 25.8 Å². The van der Waals surface area contributed by atoms with Gasteiger partial charge in [0.25, 0.3) is 0 Å². The Morgan fingerprint density at radius 2 is 1.67 bits per heavy atom. The molecule has 0 bridgehead atoms. The molecule has 2 amide bonds. The molecule has 1 atom stereocenters. The van der Waals surface area contributed by atoms with Crippen molar-refractivity contribution >= 4 is 27.5 Å². The normalized spacial score (nSPS) is 13.7. The number of amides is 2. The minimum atomic E-state index is -3.83. The molecule has 1 N–H and O–H groups in total. The lowest BCUT2D eigenvalue weighted by molar-refractivity contribution is -0.140. The number of carbonyl (C=O) groups excluding carboxylic acids is 2. The number of benzene rings is 2. The number of hydrogen-bond acceptors (Lipinski definition) is 6. The van der Waals surface area contributed by atoms with Gasteiger partial charge in [0.05, 0.1) is 11.9 Å². The fourth-order valence-corrected chi connectivity index (χ4v) is 4.83. The summed E-state index contributed by atoms with van der Waals surface area (Å²) in [7, 11) is -3.83. The van der Waals surface area contributed by atoms with Gasteiger partial charge in [-0.1, -0.05) is 36.8 Å². The highest BCUT2D eigenvalue weighted by Gasteiger charge is 2.32. The number of hydrogen-bond donors (Lipinski definition) is 1. The highest BCUT2D eigenvalue weighted by molar-refractivity contribution is 7.92. The molecule has 196 valence electrons. The number of fused-ring (bicyclic) bond motifs is 1. The van der Waals surface area contributed by atoms with Crippen LogP contribution in [0.3, 0.4) is 0 Å². The zero-order valence-electron chi connectivity index (χ0n) is 21.5. The van der Waals surface area contributed by atoms with Crippen LogP contribution in [-0.2, 0) is 26.2 Å². The fraction of sp³-hybridized carbons (Fsp3) is 0.462. The van der Waals surface area contributed by atoms with Crippen molar-refractivity contribution in [1.82, 2.24) is 10.2 Å². The van der Waals surface area contributed by atoms with Gasteiger partial charge in [-0.2, -0.15) is 0 Å². The molecular formula is C26H35N3O6S. The molecule has 0 saturated heterocycles. The SMILES string of the molecule is CC[C@H](C(=O)NC(C)C)N(Cc1ccc(C)cc1)C(=O)CN(c1ccc2c(c1)OCCO2)S(C)(=O)=O. The molecule has 2 aromatic carbocycles. The van der Waals surface area contributed by atoms with E-state index in [-0.39, 0.29) is 24.2 Å². The molecule has 9 nitrogen and oxygen atoms in total. The van der Waals surface area contributed by atoms with Crippen molar-refractivity contribution in [2.45, 2.75) is 52.7 Å². The Kier molecular flexibility index (Phi) is 8.84. The van der Waals surface area contributed by atoms with E-state index in [2.05, 4.69) is 5.32 Å². The molecule has 2 aromatic rings. The summed E-state index contributed by atoms with van der Waals surface area (Å²) >= 11 is 0.